The Morgan fingerprint density at radius 1 is 0.864 bits per heavy atom. The summed E-state index contributed by atoms with van der Waals surface area (Å²) in [6.45, 7) is 0. The number of fused-ring (bicyclic) bond motifs is 1. The van der Waals surface area contributed by atoms with Gasteiger partial charge in [-0.15, -0.1) is 0 Å². The molecule has 3 heteroatoms. The van der Waals surface area contributed by atoms with Crippen molar-refractivity contribution in [1.82, 2.24) is 0 Å². The molecule has 0 aliphatic heterocycles. The molecule has 3 rings (SSSR count). The molecule has 0 saturated heterocycles. The van der Waals surface area contributed by atoms with Gasteiger partial charge in [-0.25, -0.2) is 0 Å². The maximum atomic E-state index is 10.2. The van der Waals surface area contributed by atoms with Crippen LogP contribution in [0.15, 0.2) is 77.7 Å². The van der Waals surface area contributed by atoms with Gasteiger partial charge in [0.05, 0.1) is 0 Å². The SMILES string of the molecule is OC(CSc1ccccc1)C[Se]c1ccc2ccccc2c1. The molecule has 22 heavy (non-hydrogen) atoms. The Balaban J connectivity index is 1.52. The van der Waals surface area contributed by atoms with Crippen molar-refractivity contribution in [2.45, 2.75) is 16.3 Å². The van der Waals surface area contributed by atoms with E-state index in [1.807, 2.05) is 18.2 Å². The molecule has 0 aliphatic carbocycles. The Bertz CT molecular complexity index is 730. The summed E-state index contributed by atoms with van der Waals surface area (Å²) in [4.78, 5) is 1.22. The Morgan fingerprint density at radius 2 is 1.59 bits per heavy atom. The molecule has 0 radical (unpaired) electrons. The minimum atomic E-state index is -0.239. The van der Waals surface area contributed by atoms with E-state index in [1.54, 1.807) is 11.8 Å². The van der Waals surface area contributed by atoms with Crippen molar-refractivity contribution in [3.8, 4) is 0 Å². The van der Waals surface area contributed by atoms with Crippen molar-refractivity contribution in [3.63, 3.8) is 0 Å². The van der Waals surface area contributed by atoms with Gasteiger partial charge in [-0.2, -0.15) is 0 Å². The third-order valence-electron chi connectivity index (χ3n) is 3.35. The molecule has 112 valence electrons. The number of thioether (sulfide) groups is 1. The van der Waals surface area contributed by atoms with Crippen molar-refractivity contribution in [2.24, 2.45) is 0 Å². The summed E-state index contributed by atoms with van der Waals surface area (Å²) in [6, 6.07) is 25.3. The number of rotatable bonds is 6. The summed E-state index contributed by atoms with van der Waals surface area (Å²) in [6.07, 6.45) is -0.239. The van der Waals surface area contributed by atoms with Crippen LogP contribution in [0.3, 0.4) is 0 Å². The molecule has 0 heterocycles. The van der Waals surface area contributed by atoms with E-state index in [0.717, 1.165) is 11.1 Å². The summed E-state index contributed by atoms with van der Waals surface area (Å²) in [7, 11) is 0. The van der Waals surface area contributed by atoms with E-state index in [1.165, 1.54) is 20.1 Å². The van der Waals surface area contributed by atoms with Crippen LogP contribution in [-0.2, 0) is 0 Å². The maximum absolute atomic E-state index is 10.2. The fourth-order valence-electron chi connectivity index (χ4n) is 2.21. The van der Waals surface area contributed by atoms with Crippen LogP contribution in [0.1, 0.15) is 0 Å². The predicted molar refractivity (Wildman–Crippen MR) is 97.3 cm³/mol. The normalized spacial score (nSPS) is 12.4. The van der Waals surface area contributed by atoms with Crippen molar-refractivity contribution < 1.29 is 5.11 Å². The second-order valence-corrected chi connectivity index (χ2v) is 8.49. The number of benzene rings is 3. The molecule has 0 bridgehead atoms. The van der Waals surface area contributed by atoms with Crippen LogP contribution in [0.2, 0.25) is 5.32 Å². The van der Waals surface area contributed by atoms with E-state index in [-0.39, 0.29) is 6.10 Å². The fourth-order valence-corrected chi connectivity index (χ4v) is 5.24. The van der Waals surface area contributed by atoms with Crippen LogP contribution >= 0.6 is 11.8 Å². The molecule has 0 amide bonds. The van der Waals surface area contributed by atoms with Crippen LogP contribution in [-0.4, -0.2) is 31.9 Å². The molecule has 0 aromatic heterocycles. The van der Waals surface area contributed by atoms with Gasteiger partial charge in [0.1, 0.15) is 0 Å². The summed E-state index contributed by atoms with van der Waals surface area (Å²) in [5.74, 6) is 0.763. The van der Waals surface area contributed by atoms with E-state index in [4.69, 9.17) is 0 Å². The van der Waals surface area contributed by atoms with Crippen molar-refractivity contribution in [1.29, 1.82) is 0 Å². The van der Waals surface area contributed by atoms with E-state index < -0.39 is 0 Å². The zero-order valence-electron chi connectivity index (χ0n) is 12.2. The number of aliphatic hydroxyl groups excluding tert-OH is 1. The predicted octanol–water partition coefficient (Wildman–Crippen LogP) is 3.74. The van der Waals surface area contributed by atoms with Crippen molar-refractivity contribution in [2.75, 3.05) is 5.75 Å². The number of hydrogen-bond donors (Lipinski definition) is 1. The van der Waals surface area contributed by atoms with Gasteiger partial charge in [-0.1, -0.05) is 0 Å². The zero-order chi connectivity index (χ0) is 15.2. The Labute approximate surface area is 141 Å². The summed E-state index contributed by atoms with van der Waals surface area (Å²) >= 11 is 2.05. The third kappa shape index (κ3) is 4.37. The van der Waals surface area contributed by atoms with E-state index in [9.17, 15) is 5.11 Å². The molecule has 1 unspecified atom stereocenters. The molecule has 0 spiro atoms. The van der Waals surface area contributed by atoms with Gasteiger partial charge < -0.3 is 0 Å². The van der Waals surface area contributed by atoms with Gasteiger partial charge in [0.2, 0.25) is 0 Å². The molecule has 1 nitrogen and oxygen atoms in total. The van der Waals surface area contributed by atoms with Crippen LogP contribution in [0, 0.1) is 0 Å². The first-order chi connectivity index (χ1) is 10.8. The Hall–Kier alpha value is -1.25. The van der Waals surface area contributed by atoms with Crippen molar-refractivity contribution in [3.05, 3.63) is 72.8 Å². The zero-order valence-corrected chi connectivity index (χ0v) is 14.7. The molecule has 1 atom stereocenters. The van der Waals surface area contributed by atoms with Crippen LogP contribution in [0.4, 0.5) is 0 Å². The average molecular weight is 373 g/mol. The Morgan fingerprint density at radius 3 is 2.41 bits per heavy atom. The average Bonchev–Trinajstić information content (AvgIpc) is 2.59. The standard InChI is InChI=1S/C19H18OSSe/c20-17(13-21-18-8-2-1-3-9-18)14-22-19-11-10-15-6-4-5-7-16(15)12-19/h1-12,17,20H,13-14H2. The van der Waals surface area contributed by atoms with Gasteiger partial charge in [0, 0.05) is 0 Å². The van der Waals surface area contributed by atoms with Gasteiger partial charge in [0.15, 0.2) is 0 Å². The number of hydrogen-bond acceptors (Lipinski definition) is 2. The summed E-state index contributed by atoms with van der Waals surface area (Å²) < 4.78 is 1.36. The van der Waals surface area contributed by atoms with Gasteiger partial charge >= 0.3 is 142 Å². The van der Waals surface area contributed by atoms with E-state index >= 15 is 0 Å². The van der Waals surface area contributed by atoms with E-state index in [0.29, 0.717) is 15.0 Å². The first kappa shape index (κ1) is 15.6. The second kappa shape index (κ2) is 7.84. The molecule has 3 aromatic carbocycles. The summed E-state index contributed by atoms with van der Waals surface area (Å²) in [5, 5.41) is 13.6. The molecular weight excluding hydrogens is 355 g/mol. The monoisotopic (exact) mass is 374 g/mol. The molecule has 0 aliphatic rings. The fraction of sp³-hybridized carbons (Fsp3) is 0.158. The second-order valence-electron chi connectivity index (χ2n) is 5.10. The van der Waals surface area contributed by atoms with Crippen LogP contribution < -0.4 is 4.46 Å². The molecule has 0 fully saturated rings. The van der Waals surface area contributed by atoms with E-state index in [2.05, 4.69) is 54.6 Å². The molecule has 1 N–H and O–H groups in total. The first-order valence-electron chi connectivity index (χ1n) is 7.29. The molecule has 0 saturated carbocycles. The first-order valence-corrected chi connectivity index (χ1v) is 10.3. The van der Waals surface area contributed by atoms with Crippen LogP contribution in [0.25, 0.3) is 10.8 Å². The van der Waals surface area contributed by atoms with Crippen LogP contribution in [0.5, 0.6) is 0 Å². The quantitative estimate of drug-likeness (QED) is 0.525. The Kier molecular flexibility index (Phi) is 5.58. The molecule has 3 aromatic rings. The van der Waals surface area contributed by atoms with Crippen molar-refractivity contribution >= 4 is 42.0 Å². The number of aliphatic hydroxyl groups is 1. The van der Waals surface area contributed by atoms with Gasteiger partial charge in [-0.3, -0.25) is 0 Å². The topological polar surface area (TPSA) is 20.2 Å². The molecular formula is C19H18OSSe. The third-order valence-corrected chi connectivity index (χ3v) is 6.89. The van der Waals surface area contributed by atoms with Gasteiger partial charge in [0.25, 0.3) is 0 Å². The van der Waals surface area contributed by atoms with Gasteiger partial charge in [-0.05, 0) is 0 Å². The summed E-state index contributed by atoms with van der Waals surface area (Å²) in [5.41, 5.74) is 0. The minimum absolute atomic E-state index is 0.239.